The van der Waals surface area contributed by atoms with Crippen LogP contribution < -0.4 is 0 Å². The van der Waals surface area contributed by atoms with Crippen LogP contribution in [0.5, 0.6) is 0 Å². The van der Waals surface area contributed by atoms with E-state index in [1.54, 1.807) is 24.3 Å². The van der Waals surface area contributed by atoms with Crippen LogP contribution in [-0.2, 0) is 15.6 Å². The predicted octanol–water partition coefficient (Wildman–Crippen LogP) is 3.92. The number of rotatable bonds is 3. The molecule has 20 heavy (non-hydrogen) atoms. The molecule has 0 radical (unpaired) electrons. The first-order chi connectivity index (χ1) is 9.54. The van der Waals surface area contributed by atoms with Crippen molar-refractivity contribution in [1.29, 1.82) is 0 Å². The van der Waals surface area contributed by atoms with Crippen molar-refractivity contribution in [2.24, 2.45) is 0 Å². The van der Waals surface area contributed by atoms with Crippen LogP contribution in [0.2, 0.25) is 5.02 Å². The van der Waals surface area contributed by atoms with Gasteiger partial charge in [-0.05, 0) is 29.8 Å². The molecule has 0 aliphatic carbocycles. The van der Waals surface area contributed by atoms with Gasteiger partial charge >= 0.3 is 0 Å². The molecular weight excluding hydrogens is 314 g/mol. The molecule has 3 rings (SSSR count). The van der Waals surface area contributed by atoms with Crippen molar-refractivity contribution in [2.45, 2.75) is 10.1 Å². The van der Waals surface area contributed by atoms with E-state index in [1.807, 2.05) is 24.3 Å². The Bertz CT molecular complexity index is 821. The van der Waals surface area contributed by atoms with Gasteiger partial charge in [-0.3, -0.25) is 0 Å². The first kappa shape index (κ1) is 13.5. The molecule has 0 spiro atoms. The Hall–Kier alpha value is -1.43. The van der Waals surface area contributed by atoms with E-state index in [-0.39, 0.29) is 10.1 Å². The lowest BCUT2D eigenvalue weighted by Gasteiger charge is -2.01. The zero-order valence-corrected chi connectivity index (χ0v) is 12.7. The van der Waals surface area contributed by atoms with E-state index in [0.717, 1.165) is 4.70 Å². The van der Waals surface area contributed by atoms with E-state index < -0.39 is 9.84 Å². The molecule has 1 heterocycles. The van der Waals surface area contributed by atoms with Crippen LogP contribution in [-0.4, -0.2) is 13.4 Å². The van der Waals surface area contributed by atoms with E-state index in [1.165, 1.54) is 11.3 Å². The van der Waals surface area contributed by atoms with Crippen molar-refractivity contribution in [3.63, 3.8) is 0 Å². The molecule has 2 aromatic carbocycles. The number of fused-ring (bicyclic) bond motifs is 1. The summed E-state index contributed by atoms with van der Waals surface area (Å²) in [6.45, 7) is 0. The summed E-state index contributed by atoms with van der Waals surface area (Å²) in [5, 5.41) is 0.589. The molecule has 0 aliphatic heterocycles. The molecule has 6 heteroatoms. The smallest absolute Gasteiger partial charge is 0.210 e. The highest BCUT2D eigenvalue weighted by molar-refractivity contribution is 7.92. The lowest BCUT2D eigenvalue weighted by Crippen LogP contribution is -2.04. The number of sulfone groups is 1. The van der Waals surface area contributed by atoms with E-state index in [9.17, 15) is 8.42 Å². The van der Waals surface area contributed by atoms with Gasteiger partial charge in [0.05, 0.1) is 16.0 Å². The molecule has 3 aromatic rings. The molecular formula is C14H10ClNO2S2. The largest absolute Gasteiger partial charge is 0.225 e. The molecule has 0 saturated heterocycles. The summed E-state index contributed by atoms with van der Waals surface area (Å²) in [5.41, 5.74) is 1.42. The highest BCUT2D eigenvalue weighted by Crippen LogP contribution is 2.27. The summed E-state index contributed by atoms with van der Waals surface area (Å²) in [6.07, 6.45) is 0. The molecule has 1 aromatic heterocycles. The number of hydrogen-bond acceptors (Lipinski definition) is 4. The highest BCUT2D eigenvalue weighted by Gasteiger charge is 2.20. The molecule has 0 amide bonds. The second-order valence-electron chi connectivity index (χ2n) is 4.33. The van der Waals surface area contributed by atoms with Crippen LogP contribution in [0.4, 0.5) is 0 Å². The first-order valence-electron chi connectivity index (χ1n) is 5.87. The fourth-order valence-corrected chi connectivity index (χ4v) is 4.62. The second-order valence-corrected chi connectivity index (χ2v) is 7.96. The zero-order chi connectivity index (χ0) is 14.2. The molecule has 0 aliphatic rings. The van der Waals surface area contributed by atoms with Gasteiger partial charge in [0.1, 0.15) is 0 Å². The molecule has 0 saturated carbocycles. The SMILES string of the molecule is O=S(=O)(Cc1ccc(Cl)cc1)c1nc2ccccc2s1. The van der Waals surface area contributed by atoms with Gasteiger partial charge in [0.25, 0.3) is 0 Å². The van der Waals surface area contributed by atoms with Crippen LogP contribution in [0.3, 0.4) is 0 Å². The fraction of sp³-hybridized carbons (Fsp3) is 0.0714. The van der Waals surface area contributed by atoms with Gasteiger partial charge in [0.15, 0.2) is 0 Å². The summed E-state index contributed by atoms with van der Waals surface area (Å²) in [4.78, 5) is 4.20. The van der Waals surface area contributed by atoms with Crippen LogP contribution in [0.25, 0.3) is 10.2 Å². The maximum absolute atomic E-state index is 12.4. The minimum Gasteiger partial charge on any atom is -0.225 e. The van der Waals surface area contributed by atoms with E-state index in [4.69, 9.17) is 11.6 Å². The quantitative estimate of drug-likeness (QED) is 0.734. The van der Waals surface area contributed by atoms with Gasteiger partial charge in [-0.25, -0.2) is 13.4 Å². The lowest BCUT2D eigenvalue weighted by atomic mass is 10.2. The topological polar surface area (TPSA) is 47.0 Å². The average molecular weight is 324 g/mol. The third-order valence-electron chi connectivity index (χ3n) is 2.81. The number of hydrogen-bond donors (Lipinski definition) is 0. The maximum Gasteiger partial charge on any atom is 0.210 e. The number of thiazole rings is 1. The number of nitrogens with zero attached hydrogens (tertiary/aromatic N) is 1. The first-order valence-corrected chi connectivity index (χ1v) is 8.72. The van der Waals surface area contributed by atoms with Crippen molar-refractivity contribution < 1.29 is 8.42 Å². The third-order valence-corrected chi connectivity index (χ3v) is 6.24. The Labute approximate surface area is 125 Å². The monoisotopic (exact) mass is 323 g/mol. The minimum atomic E-state index is -3.42. The summed E-state index contributed by atoms with van der Waals surface area (Å²) >= 11 is 7.00. The number of benzene rings is 2. The Kier molecular flexibility index (Phi) is 3.50. The standard InChI is InChI=1S/C14H10ClNO2S2/c15-11-7-5-10(6-8-11)9-20(17,18)14-16-12-3-1-2-4-13(12)19-14/h1-8H,9H2. The number of para-hydroxylation sites is 1. The van der Waals surface area contributed by atoms with Crippen LogP contribution in [0.1, 0.15) is 5.56 Å². The van der Waals surface area contributed by atoms with Crippen molar-refractivity contribution in [3.05, 3.63) is 59.1 Å². The van der Waals surface area contributed by atoms with Gasteiger partial charge < -0.3 is 0 Å². The van der Waals surface area contributed by atoms with E-state index >= 15 is 0 Å². The summed E-state index contributed by atoms with van der Waals surface area (Å²) in [7, 11) is -3.42. The molecule has 3 nitrogen and oxygen atoms in total. The van der Waals surface area contributed by atoms with Gasteiger partial charge in [0, 0.05) is 5.02 Å². The van der Waals surface area contributed by atoms with E-state index in [2.05, 4.69) is 4.98 Å². The molecule has 0 fully saturated rings. The van der Waals surface area contributed by atoms with Gasteiger partial charge in [-0.15, -0.1) is 11.3 Å². The Morgan fingerprint density at radius 1 is 1.05 bits per heavy atom. The van der Waals surface area contributed by atoms with Crippen molar-refractivity contribution in [3.8, 4) is 0 Å². The van der Waals surface area contributed by atoms with Crippen LogP contribution in [0, 0.1) is 0 Å². The molecule has 0 unspecified atom stereocenters. The predicted molar refractivity (Wildman–Crippen MR) is 82.0 cm³/mol. The number of aromatic nitrogens is 1. The average Bonchev–Trinajstić information content (AvgIpc) is 2.86. The highest BCUT2D eigenvalue weighted by atomic mass is 35.5. The minimum absolute atomic E-state index is 0.0655. The second kappa shape index (κ2) is 5.16. The summed E-state index contributed by atoms with van der Waals surface area (Å²) in [5.74, 6) is -0.0655. The molecule has 0 atom stereocenters. The van der Waals surface area contributed by atoms with Crippen molar-refractivity contribution >= 4 is 43.0 Å². The number of halogens is 1. The van der Waals surface area contributed by atoms with Gasteiger partial charge in [-0.2, -0.15) is 0 Å². The normalized spacial score (nSPS) is 11.8. The Balaban J connectivity index is 1.96. The van der Waals surface area contributed by atoms with Gasteiger partial charge in [-0.1, -0.05) is 35.9 Å². The Morgan fingerprint density at radius 3 is 2.45 bits per heavy atom. The van der Waals surface area contributed by atoms with Crippen molar-refractivity contribution in [1.82, 2.24) is 4.98 Å². The summed E-state index contributed by atoms with van der Waals surface area (Å²) in [6, 6.07) is 14.2. The third kappa shape index (κ3) is 2.70. The molecule has 102 valence electrons. The summed E-state index contributed by atoms with van der Waals surface area (Å²) < 4.78 is 25.8. The molecule has 0 bridgehead atoms. The van der Waals surface area contributed by atoms with Crippen LogP contribution >= 0.6 is 22.9 Å². The Morgan fingerprint density at radius 2 is 1.75 bits per heavy atom. The maximum atomic E-state index is 12.4. The van der Waals surface area contributed by atoms with Crippen LogP contribution in [0.15, 0.2) is 52.9 Å². The van der Waals surface area contributed by atoms with Crippen molar-refractivity contribution in [2.75, 3.05) is 0 Å². The zero-order valence-electron chi connectivity index (χ0n) is 10.3. The fourth-order valence-electron chi connectivity index (χ4n) is 1.85. The molecule has 0 N–H and O–H groups in total. The lowest BCUT2D eigenvalue weighted by molar-refractivity contribution is 0.594. The van der Waals surface area contributed by atoms with E-state index in [0.29, 0.717) is 16.1 Å². The van der Waals surface area contributed by atoms with Gasteiger partial charge in [0.2, 0.25) is 14.2 Å².